The largest absolute Gasteiger partial charge is 0.462 e. The minimum Gasteiger partial charge on any atom is -0.462 e. The zero-order valence-corrected chi connectivity index (χ0v) is 14.3. The molecule has 0 aliphatic heterocycles. The number of rotatable bonds is 1. The second-order valence-electron chi connectivity index (χ2n) is 8.52. The molecule has 0 saturated heterocycles. The van der Waals surface area contributed by atoms with Crippen molar-refractivity contribution in [1.29, 1.82) is 0 Å². The van der Waals surface area contributed by atoms with Gasteiger partial charge in [0.2, 0.25) is 0 Å². The van der Waals surface area contributed by atoms with E-state index in [-0.39, 0.29) is 17.5 Å². The molecule has 0 unspecified atom stereocenters. The quantitative estimate of drug-likeness (QED) is 0.685. The number of ketones is 1. The van der Waals surface area contributed by atoms with Crippen molar-refractivity contribution >= 4 is 11.8 Å². The van der Waals surface area contributed by atoms with E-state index in [1.54, 1.807) is 6.92 Å². The van der Waals surface area contributed by atoms with Crippen molar-refractivity contribution in [1.82, 2.24) is 0 Å². The van der Waals surface area contributed by atoms with Gasteiger partial charge < -0.3 is 4.74 Å². The Bertz CT molecular complexity index is 563. The van der Waals surface area contributed by atoms with Crippen LogP contribution in [0.1, 0.15) is 65.2 Å². The van der Waals surface area contributed by atoms with Gasteiger partial charge in [-0.25, -0.2) is 0 Å². The van der Waals surface area contributed by atoms with Gasteiger partial charge >= 0.3 is 5.97 Å². The Kier molecular flexibility index (Phi) is 3.66. The van der Waals surface area contributed by atoms with Gasteiger partial charge in [0.15, 0.2) is 5.78 Å². The summed E-state index contributed by atoms with van der Waals surface area (Å²) in [5, 5.41) is 0. The normalized spacial score (nSPS) is 45.6. The van der Waals surface area contributed by atoms with E-state index in [9.17, 15) is 9.59 Å². The molecule has 4 rings (SSSR count). The first-order valence-corrected chi connectivity index (χ1v) is 9.39. The number of allylic oxidation sites excluding steroid dienone is 1. The Morgan fingerprint density at radius 3 is 2.74 bits per heavy atom. The van der Waals surface area contributed by atoms with Crippen molar-refractivity contribution in [2.45, 2.75) is 71.3 Å². The Hall–Kier alpha value is -1.12. The van der Waals surface area contributed by atoms with Crippen LogP contribution in [0, 0.1) is 29.1 Å². The van der Waals surface area contributed by atoms with E-state index in [0.29, 0.717) is 17.6 Å². The number of carbonyl (C=O) groups excluding carboxylic acids is 2. The van der Waals surface area contributed by atoms with Crippen molar-refractivity contribution in [3.05, 3.63) is 11.6 Å². The number of fused-ring (bicyclic) bond motifs is 5. The summed E-state index contributed by atoms with van der Waals surface area (Å²) < 4.78 is 5.69. The SMILES string of the molecule is CC(=O)O[C@@H]1CC[C@@H]2[C@@H]3CCC4=CC(=O)CC[C@@H]4[C@@H]3CC[C@@]21C. The maximum absolute atomic E-state index is 11.7. The highest BCUT2D eigenvalue weighted by Gasteiger charge is 2.57. The molecule has 126 valence electrons. The topological polar surface area (TPSA) is 43.4 Å². The minimum absolute atomic E-state index is 0.121. The number of esters is 1. The Morgan fingerprint density at radius 1 is 1.13 bits per heavy atom. The van der Waals surface area contributed by atoms with E-state index in [2.05, 4.69) is 6.92 Å². The van der Waals surface area contributed by atoms with Gasteiger partial charge in [-0.05, 0) is 74.7 Å². The number of hydrogen-bond donors (Lipinski definition) is 0. The Labute approximate surface area is 138 Å². The van der Waals surface area contributed by atoms with E-state index < -0.39 is 0 Å². The first-order chi connectivity index (χ1) is 11.0. The molecular weight excluding hydrogens is 288 g/mol. The van der Waals surface area contributed by atoms with Gasteiger partial charge in [0.25, 0.3) is 0 Å². The standard InChI is InChI=1S/C20H28O3/c1-12(21)23-19-8-7-18-17-5-3-13-11-14(22)4-6-15(13)16(17)9-10-20(18,19)2/h11,15-19H,3-10H2,1-2H3/t15-,16-,17+,18+,19+,20-/m0/s1. The molecule has 4 aliphatic rings. The van der Waals surface area contributed by atoms with Crippen LogP contribution in [0.2, 0.25) is 0 Å². The number of hydrogen-bond acceptors (Lipinski definition) is 3. The molecule has 0 N–H and O–H groups in total. The van der Waals surface area contributed by atoms with Crippen LogP contribution >= 0.6 is 0 Å². The smallest absolute Gasteiger partial charge is 0.302 e. The third-order valence-electron chi connectivity index (χ3n) is 7.52. The molecule has 3 fully saturated rings. The molecule has 0 aromatic carbocycles. The van der Waals surface area contributed by atoms with Crippen LogP contribution in [0.5, 0.6) is 0 Å². The molecular formula is C20H28O3. The highest BCUT2D eigenvalue weighted by Crippen LogP contribution is 2.62. The molecule has 23 heavy (non-hydrogen) atoms. The molecule has 0 bridgehead atoms. The van der Waals surface area contributed by atoms with Crippen LogP contribution in [0.3, 0.4) is 0 Å². The molecule has 0 radical (unpaired) electrons. The number of carbonyl (C=O) groups is 2. The first kappa shape index (κ1) is 15.4. The molecule has 0 heterocycles. The predicted molar refractivity (Wildman–Crippen MR) is 87.6 cm³/mol. The molecule has 3 saturated carbocycles. The monoisotopic (exact) mass is 316 g/mol. The minimum atomic E-state index is -0.126. The summed E-state index contributed by atoms with van der Waals surface area (Å²) in [5.41, 5.74) is 1.62. The van der Waals surface area contributed by atoms with Crippen molar-refractivity contribution in [3.63, 3.8) is 0 Å². The van der Waals surface area contributed by atoms with E-state index >= 15 is 0 Å². The van der Waals surface area contributed by atoms with Crippen LogP contribution < -0.4 is 0 Å². The number of ether oxygens (including phenoxy) is 1. The van der Waals surface area contributed by atoms with Gasteiger partial charge in [-0.2, -0.15) is 0 Å². The predicted octanol–water partition coefficient (Wildman–Crippen LogP) is 4.06. The van der Waals surface area contributed by atoms with Gasteiger partial charge in [0.05, 0.1) is 0 Å². The lowest BCUT2D eigenvalue weighted by molar-refractivity contribution is -0.156. The second-order valence-corrected chi connectivity index (χ2v) is 8.52. The van der Waals surface area contributed by atoms with Gasteiger partial charge in [-0.15, -0.1) is 0 Å². The summed E-state index contributed by atoms with van der Waals surface area (Å²) >= 11 is 0. The summed E-state index contributed by atoms with van der Waals surface area (Å²) in [6.07, 6.45) is 10.9. The summed E-state index contributed by atoms with van der Waals surface area (Å²) in [6, 6.07) is 0. The fourth-order valence-corrected chi connectivity index (χ4v) is 6.53. The maximum Gasteiger partial charge on any atom is 0.302 e. The summed E-state index contributed by atoms with van der Waals surface area (Å²) in [4.78, 5) is 23.2. The molecule has 3 heteroatoms. The second kappa shape index (κ2) is 5.46. The molecule has 0 aromatic rings. The lowest BCUT2D eigenvalue weighted by Gasteiger charge is -2.53. The van der Waals surface area contributed by atoms with E-state index in [0.717, 1.165) is 37.5 Å². The van der Waals surface area contributed by atoms with Gasteiger partial charge in [0.1, 0.15) is 6.10 Å². The van der Waals surface area contributed by atoms with Crippen LogP contribution in [0.15, 0.2) is 11.6 Å². The molecule has 4 aliphatic carbocycles. The van der Waals surface area contributed by atoms with Gasteiger partial charge in [-0.3, -0.25) is 9.59 Å². The van der Waals surface area contributed by atoms with Crippen molar-refractivity contribution < 1.29 is 14.3 Å². The molecule has 6 atom stereocenters. The zero-order valence-electron chi connectivity index (χ0n) is 14.3. The molecule has 0 spiro atoms. The van der Waals surface area contributed by atoms with Crippen molar-refractivity contribution in [2.75, 3.05) is 0 Å². The Balaban J connectivity index is 1.57. The zero-order chi connectivity index (χ0) is 16.2. The third-order valence-corrected chi connectivity index (χ3v) is 7.52. The van der Waals surface area contributed by atoms with Crippen LogP contribution in [-0.4, -0.2) is 17.9 Å². The van der Waals surface area contributed by atoms with E-state index in [1.807, 2.05) is 6.08 Å². The first-order valence-electron chi connectivity index (χ1n) is 9.39. The fraction of sp³-hybridized carbons (Fsp3) is 0.800. The summed E-state index contributed by atoms with van der Waals surface area (Å²) in [7, 11) is 0. The van der Waals surface area contributed by atoms with Crippen molar-refractivity contribution in [2.24, 2.45) is 29.1 Å². The lowest BCUT2D eigenvalue weighted by atomic mass is 9.52. The summed E-state index contributed by atoms with van der Waals surface area (Å²) in [6.45, 7) is 3.91. The van der Waals surface area contributed by atoms with Crippen LogP contribution in [0.25, 0.3) is 0 Å². The average Bonchev–Trinajstić information content (AvgIpc) is 2.83. The molecule has 0 aromatic heterocycles. The third kappa shape index (κ3) is 2.38. The van der Waals surface area contributed by atoms with Gasteiger partial charge in [-0.1, -0.05) is 12.5 Å². The van der Waals surface area contributed by atoms with E-state index in [1.165, 1.54) is 31.3 Å². The van der Waals surface area contributed by atoms with Gasteiger partial charge in [0, 0.05) is 18.8 Å². The lowest BCUT2D eigenvalue weighted by Crippen LogP contribution is -2.48. The van der Waals surface area contributed by atoms with E-state index in [4.69, 9.17) is 4.74 Å². The maximum atomic E-state index is 11.7. The van der Waals surface area contributed by atoms with Crippen LogP contribution in [-0.2, 0) is 14.3 Å². The average molecular weight is 316 g/mol. The van der Waals surface area contributed by atoms with Crippen molar-refractivity contribution in [3.8, 4) is 0 Å². The molecule has 0 amide bonds. The summed E-state index contributed by atoms with van der Waals surface area (Å²) in [5.74, 6) is 3.10. The Morgan fingerprint density at radius 2 is 1.96 bits per heavy atom. The highest BCUT2D eigenvalue weighted by molar-refractivity contribution is 5.91. The molecule has 3 nitrogen and oxygen atoms in total. The van der Waals surface area contributed by atoms with Crippen LogP contribution in [0.4, 0.5) is 0 Å². The fourth-order valence-electron chi connectivity index (χ4n) is 6.53. The highest BCUT2D eigenvalue weighted by atomic mass is 16.5.